The number of hydrogen-bond donors (Lipinski definition) is 3. The molecule has 0 aliphatic rings. The molecule has 0 amide bonds. The molecule has 0 radical (unpaired) electrons. The van der Waals surface area contributed by atoms with Crippen LogP contribution in [0.15, 0.2) is 69.8 Å². The van der Waals surface area contributed by atoms with Crippen LogP contribution in [0.5, 0.6) is 5.75 Å². The van der Waals surface area contributed by atoms with Crippen LogP contribution in [0.4, 0.5) is 14.5 Å². The van der Waals surface area contributed by atoms with Crippen LogP contribution >= 0.6 is 11.8 Å². The molecule has 7 nitrogen and oxygen atoms in total. The maximum atomic E-state index is 14.0. The van der Waals surface area contributed by atoms with Gasteiger partial charge in [0.15, 0.2) is 5.16 Å². The zero-order chi connectivity index (χ0) is 20.6. The van der Waals surface area contributed by atoms with Crippen LogP contribution in [0.3, 0.4) is 0 Å². The summed E-state index contributed by atoms with van der Waals surface area (Å²) >= 11 is 1.04. The highest BCUT2D eigenvalue weighted by Gasteiger charge is 2.22. The van der Waals surface area contributed by atoms with E-state index >= 15 is 0 Å². The Morgan fingerprint density at radius 3 is 2.52 bits per heavy atom. The number of nitrogens with one attached hydrogen (secondary N) is 2. The summed E-state index contributed by atoms with van der Waals surface area (Å²) in [5.41, 5.74) is 0.115. The lowest BCUT2D eigenvalue weighted by Crippen LogP contribution is -2.15. The number of aromatic amines is 1. The summed E-state index contributed by atoms with van der Waals surface area (Å²) in [6, 6.07) is 10.2. The molecule has 29 heavy (non-hydrogen) atoms. The van der Waals surface area contributed by atoms with Crippen molar-refractivity contribution in [3.05, 3.63) is 66.5 Å². The molecular weight excluding hydrogens is 422 g/mol. The first-order valence-electron chi connectivity index (χ1n) is 8.11. The molecule has 0 spiro atoms. The number of rotatable bonds is 5. The lowest BCUT2D eigenvalue weighted by Gasteiger charge is -2.14. The van der Waals surface area contributed by atoms with Gasteiger partial charge in [-0.2, -0.15) is 5.10 Å². The lowest BCUT2D eigenvalue weighted by molar-refractivity contribution is 0.469. The smallest absolute Gasteiger partial charge is 0.264 e. The van der Waals surface area contributed by atoms with Gasteiger partial charge >= 0.3 is 0 Å². The van der Waals surface area contributed by atoms with Crippen LogP contribution in [0.1, 0.15) is 0 Å². The van der Waals surface area contributed by atoms with Crippen molar-refractivity contribution in [1.29, 1.82) is 0 Å². The Labute approximate surface area is 167 Å². The second kappa shape index (κ2) is 7.33. The number of phenolic OH excluding ortho intramolecular Hbond substituents is 1. The Balaban J connectivity index is 1.83. The van der Waals surface area contributed by atoms with Crippen LogP contribution in [0.2, 0.25) is 0 Å². The topological polar surface area (TPSA) is 108 Å². The Bertz CT molecular complexity index is 1310. The SMILES string of the molecule is O=S(=O)(Nc1cc(Sc2ncn[nH]2)c(O)c2ccccc12)c1ccc(F)cc1F. The number of sulfonamides is 1. The van der Waals surface area contributed by atoms with Crippen molar-refractivity contribution in [2.24, 2.45) is 0 Å². The van der Waals surface area contributed by atoms with Gasteiger partial charge in [-0.1, -0.05) is 24.3 Å². The molecule has 4 rings (SSSR count). The highest BCUT2D eigenvalue weighted by atomic mass is 32.2. The second-order valence-electron chi connectivity index (χ2n) is 5.89. The maximum absolute atomic E-state index is 14.0. The molecule has 1 heterocycles. The summed E-state index contributed by atoms with van der Waals surface area (Å²) < 4.78 is 54.9. The number of halogens is 2. The molecule has 4 aromatic rings. The van der Waals surface area contributed by atoms with Gasteiger partial charge in [0.25, 0.3) is 10.0 Å². The molecule has 3 aromatic carbocycles. The van der Waals surface area contributed by atoms with Gasteiger partial charge in [-0.05, 0) is 30.0 Å². The van der Waals surface area contributed by atoms with Gasteiger partial charge in [0.2, 0.25) is 0 Å². The van der Waals surface area contributed by atoms with Gasteiger partial charge in [0, 0.05) is 16.8 Å². The molecule has 1 aromatic heterocycles. The Morgan fingerprint density at radius 1 is 1.07 bits per heavy atom. The minimum atomic E-state index is -4.36. The zero-order valence-electron chi connectivity index (χ0n) is 14.4. The highest BCUT2D eigenvalue weighted by molar-refractivity contribution is 7.99. The maximum Gasteiger partial charge on any atom is 0.264 e. The largest absolute Gasteiger partial charge is 0.506 e. The predicted octanol–water partition coefficient (Wildman–Crippen LogP) is 3.89. The highest BCUT2D eigenvalue weighted by Crippen LogP contribution is 2.42. The summed E-state index contributed by atoms with van der Waals surface area (Å²) in [6.07, 6.45) is 1.29. The van der Waals surface area contributed by atoms with Crippen molar-refractivity contribution in [1.82, 2.24) is 15.2 Å². The van der Waals surface area contributed by atoms with Crippen LogP contribution in [-0.2, 0) is 10.0 Å². The van der Waals surface area contributed by atoms with Crippen molar-refractivity contribution in [2.45, 2.75) is 14.9 Å². The van der Waals surface area contributed by atoms with Gasteiger partial charge in [0.05, 0.1) is 10.6 Å². The van der Waals surface area contributed by atoms with Crippen molar-refractivity contribution >= 4 is 38.2 Å². The Hall–Kier alpha value is -3.18. The fourth-order valence-electron chi connectivity index (χ4n) is 2.74. The first-order valence-corrected chi connectivity index (χ1v) is 10.4. The fourth-order valence-corrected chi connectivity index (χ4v) is 4.66. The Morgan fingerprint density at radius 2 is 1.83 bits per heavy atom. The molecule has 3 N–H and O–H groups in total. The molecule has 11 heteroatoms. The van der Waals surface area contributed by atoms with Crippen LogP contribution in [0, 0.1) is 11.6 Å². The molecule has 0 aliphatic heterocycles. The van der Waals surface area contributed by atoms with E-state index < -0.39 is 26.6 Å². The lowest BCUT2D eigenvalue weighted by atomic mass is 10.1. The molecule has 0 saturated carbocycles. The van der Waals surface area contributed by atoms with Gasteiger partial charge in [-0.3, -0.25) is 9.82 Å². The molecule has 148 valence electrons. The second-order valence-corrected chi connectivity index (χ2v) is 8.57. The van der Waals surface area contributed by atoms with E-state index in [1.54, 1.807) is 24.3 Å². The summed E-state index contributed by atoms with van der Waals surface area (Å²) in [5, 5.41) is 18.1. The third kappa shape index (κ3) is 3.74. The van der Waals surface area contributed by atoms with E-state index in [4.69, 9.17) is 0 Å². The minimum absolute atomic E-state index is 0.0714. The van der Waals surface area contributed by atoms with E-state index in [1.807, 2.05) is 0 Å². The molecule has 0 aliphatic carbocycles. The normalized spacial score (nSPS) is 11.7. The molecule has 0 unspecified atom stereocenters. The summed E-state index contributed by atoms with van der Waals surface area (Å²) in [4.78, 5) is 3.58. The number of aromatic nitrogens is 3. The Kier molecular flexibility index (Phi) is 4.84. The number of fused-ring (bicyclic) bond motifs is 1. The number of anilines is 1. The zero-order valence-corrected chi connectivity index (χ0v) is 16.1. The molecule has 0 atom stereocenters. The number of aromatic hydroxyl groups is 1. The molecular formula is C18H12F2N4O3S2. The number of H-pyrrole nitrogens is 1. The first kappa shape index (κ1) is 19.2. The van der Waals surface area contributed by atoms with E-state index in [2.05, 4.69) is 19.9 Å². The predicted molar refractivity (Wildman–Crippen MR) is 103 cm³/mol. The molecule has 0 fully saturated rings. The van der Waals surface area contributed by atoms with Gasteiger partial charge < -0.3 is 5.11 Å². The fraction of sp³-hybridized carbons (Fsp3) is 0. The van der Waals surface area contributed by atoms with E-state index in [9.17, 15) is 22.3 Å². The summed E-state index contributed by atoms with van der Waals surface area (Å²) in [6.45, 7) is 0. The third-order valence-electron chi connectivity index (χ3n) is 4.01. The van der Waals surface area contributed by atoms with Crippen LogP contribution in [-0.4, -0.2) is 28.7 Å². The third-order valence-corrected chi connectivity index (χ3v) is 6.33. The van der Waals surface area contributed by atoms with Crippen molar-refractivity contribution in [3.8, 4) is 5.75 Å². The minimum Gasteiger partial charge on any atom is -0.506 e. The first-order chi connectivity index (χ1) is 13.8. The van der Waals surface area contributed by atoms with E-state index in [1.165, 1.54) is 12.4 Å². The number of hydrogen-bond acceptors (Lipinski definition) is 6. The average molecular weight is 434 g/mol. The molecule has 0 saturated heterocycles. The monoisotopic (exact) mass is 434 g/mol. The number of benzene rings is 3. The van der Waals surface area contributed by atoms with Crippen LogP contribution < -0.4 is 4.72 Å². The van der Waals surface area contributed by atoms with Crippen molar-refractivity contribution in [2.75, 3.05) is 4.72 Å². The quantitative estimate of drug-likeness (QED) is 0.411. The average Bonchev–Trinajstić information content (AvgIpc) is 3.18. The van der Waals surface area contributed by atoms with E-state index in [0.29, 0.717) is 26.9 Å². The van der Waals surface area contributed by atoms with E-state index in [-0.39, 0.29) is 11.4 Å². The van der Waals surface area contributed by atoms with E-state index in [0.717, 1.165) is 23.9 Å². The molecule has 0 bridgehead atoms. The van der Waals surface area contributed by atoms with Crippen molar-refractivity contribution in [3.63, 3.8) is 0 Å². The van der Waals surface area contributed by atoms with Crippen molar-refractivity contribution < 1.29 is 22.3 Å². The standard InChI is InChI=1S/C18H12F2N4O3S2/c19-10-5-6-16(13(20)7-10)29(26,27)24-14-8-15(28-18-21-9-22-23-18)17(25)12-4-2-1-3-11(12)14/h1-9,24-25H,(H,21,22,23). The summed E-state index contributed by atoms with van der Waals surface area (Å²) in [5.74, 6) is -2.17. The van der Waals surface area contributed by atoms with Crippen LogP contribution in [0.25, 0.3) is 10.8 Å². The van der Waals surface area contributed by atoms with Gasteiger partial charge in [-0.25, -0.2) is 22.2 Å². The summed E-state index contributed by atoms with van der Waals surface area (Å²) in [7, 11) is -4.36. The number of phenols is 1. The van der Waals surface area contributed by atoms with Gasteiger partial charge in [-0.15, -0.1) is 0 Å². The number of nitrogens with zero attached hydrogens (tertiary/aromatic N) is 2. The van der Waals surface area contributed by atoms with Gasteiger partial charge in [0.1, 0.15) is 28.6 Å².